The summed E-state index contributed by atoms with van der Waals surface area (Å²) < 4.78 is 49.1. The highest BCUT2D eigenvalue weighted by Gasteiger charge is 2.23. The Kier molecular flexibility index (Phi) is 5.41. The fourth-order valence-corrected chi connectivity index (χ4v) is 3.56. The molecule has 1 N–H and O–H groups in total. The van der Waals surface area contributed by atoms with Crippen LogP contribution >= 0.6 is 0 Å². The molecule has 0 aliphatic rings. The summed E-state index contributed by atoms with van der Waals surface area (Å²) >= 11 is 0. The standard InChI is InChI=1S/C18H19F2N3O3S/c1-11-15(21-7-6-16(11)26-10-18(2,19)20)9-27(24)17-22-13-5-4-12(25-3)8-14(13)23-17/h4-8H,9-10H2,1-3H3,(H,22,23). The first-order valence-corrected chi connectivity index (χ1v) is 9.46. The van der Waals surface area contributed by atoms with Crippen LogP contribution in [0.4, 0.5) is 8.78 Å². The molecular formula is C18H19F2N3O3S. The van der Waals surface area contributed by atoms with E-state index in [1.807, 2.05) is 0 Å². The second-order valence-electron chi connectivity index (χ2n) is 6.15. The highest BCUT2D eigenvalue weighted by atomic mass is 32.2. The second kappa shape index (κ2) is 7.59. The van der Waals surface area contributed by atoms with Gasteiger partial charge in [0, 0.05) is 24.8 Å². The van der Waals surface area contributed by atoms with Crippen LogP contribution in [0.5, 0.6) is 11.5 Å². The number of hydrogen-bond donors (Lipinski definition) is 1. The summed E-state index contributed by atoms with van der Waals surface area (Å²) in [6.45, 7) is 1.76. The topological polar surface area (TPSA) is 77.1 Å². The molecule has 27 heavy (non-hydrogen) atoms. The number of fused-ring (bicyclic) bond motifs is 1. The number of rotatable bonds is 7. The van der Waals surface area contributed by atoms with Gasteiger partial charge < -0.3 is 14.5 Å². The Hall–Kier alpha value is -2.55. The third-order valence-corrected chi connectivity index (χ3v) is 5.05. The molecule has 0 amide bonds. The maximum atomic E-state index is 13.0. The molecule has 0 spiro atoms. The Labute approximate surface area is 157 Å². The van der Waals surface area contributed by atoms with Gasteiger partial charge in [-0.3, -0.25) is 9.19 Å². The van der Waals surface area contributed by atoms with Gasteiger partial charge in [-0.15, -0.1) is 0 Å². The van der Waals surface area contributed by atoms with Crippen LogP contribution < -0.4 is 9.47 Å². The summed E-state index contributed by atoms with van der Waals surface area (Å²) in [5.74, 6) is -1.89. The van der Waals surface area contributed by atoms with Gasteiger partial charge in [0.25, 0.3) is 5.92 Å². The Morgan fingerprint density at radius 3 is 2.78 bits per heavy atom. The molecule has 144 valence electrons. The normalized spacial score (nSPS) is 12.9. The van der Waals surface area contributed by atoms with Crippen LogP contribution in [0.1, 0.15) is 18.2 Å². The number of imidazole rings is 1. The van der Waals surface area contributed by atoms with E-state index in [9.17, 15) is 13.0 Å². The lowest BCUT2D eigenvalue weighted by atomic mass is 10.2. The molecule has 0 aliphatic heterocycles. The SMILES string of the molecule is COc1ccc2nc(S(=O)Cc3nccc(OCC(C)(F)F)c3C)[nH]c2c1. The van der Waals surface area contributed by atoms with E-state index in [1.54, 1.807) is 32.2 Å². The number of alkyl halides is 2. The highest BCUT2D eigenvalue weighted by Crippen LogP contribution is 2.25. The third kappa shape index (κ3) is 4.60. The minimum Gasteiger partial charge on any atom is -0.497 e. The minimum absolute atomic E-state index is 0.0858. The third-order valence-electron chi connectivity index (χ3n) is 3.89. The molecule has 2 heterocycles. The molecule has 0 saturated carbocycles. The van der Waals surface area contributed by atoms with Crippen LogP contribution in [-0.2, 0) is 16.6 Å². The van der Waals surface area contributed by atoms with Crippen molar-refractivity contribution < 1.29 is 22.5 Å². The first kappa shape index (κ1) is 19.2. The van der Waals surface area contributed by atoms with Crippen LogP contribution in [0.25, 0.3) is 11.0 Å². The van der Waals surface area contributed by atoms with Gasteiger partial charge in [-0.1, -0.05) is 0 Å². The molecule has 0 aliphatic carbocycles. The lowest BCUT2D eigenvalue weighted by Crippen LogP contribution is -2.21. The molecule has 9 heteroatoms. The number of hydrogen-bond acceptors (Lipinski definition) is 5. The van der Waals surface area contributed by atoms with E-state index in [2.05, 4.69) is 15.0 Å². The van der Waals surface area contributed by atoms with E-state index in [0.29, 0.717) is 38.9 Å². The number of aromatic amines is 1. The number of methoxy groups -OCH3 is 1. The van der Waals surface area contributed by atoms with E-state index in [-0.39, 0.29) is 5.75 Å². The molecule has 3 aromatic rings. The fourth-order valence-electron chi connectivity index (χ4n) is 2.46. The van der Waals surface area contributed by atoms with Crippen LogP contribution in [0.3, 0.4) is 0 Å². The summed E-state index contributed by atoms with van der Waals surface area (Å²) in [5.41, 5.74) is 2.46. The molecule has 1 atom stereocenters. The summed E-state index contributed by atoms with van der Waals surface area (Å²) in [4.78, 5) is 11.6. The average Bonchev–Trinajstić information content (AvgIpc) is 3.05. The molecule has 1 aromatic carbocycles. The van der Waals surface area contributed by atoms with E-state index in [1.165, 1.54) is 12.3 Å². The zero-order chi connectivity index (χ0) is 19.6. The summed E-state index contributed by atoms with van der Waals surface area (Å²) in [7, 11) is 0.0751. The molecule has 2 aromatic heterocycles. The molecule has 0 saturated heterocycles. The minimum atomic E-state index is -2.94. The van der Waals surface area contributed by atoms with E-state index >= 15 is 0 Å². The van der Waals surface area contributed by atoms with Crippen molar-refractivity contribution in [2.75, 3.05) is 13.7 Å². The predicted octanol–water partition coefficient (Wildman–Crippen LogP) is 3.62. The zero-order valence-electron chi connectivity index (χ0n) is 15.1. The number of halogens is 2. The molecule has 1 unspecified atom stereocenters. The zero-order valence-corrected chi connectivity index (χ0v) is 15.9. The van der Waals surface area contributed by atoms with Crippen LogP contribution in [-0.4, -0.2) is 38.8 Å². The molecule has 0 fully saturated rings. The van der Waals surface area contributed by atoms with Crippen molar-refractivity contribution >= 4 is 21.8 Å². The molecule has 0 bridgehead atoms. The Morgan fingerprint density at radius 1 is 1.30 bits per heavy atom. The number of ether oxygens (including phenoxy) is 2. The number of aromatic nitrogens is 3. The van der Waals surface area contributed by atoms with Gasteiger partial charge in [-0.05, 0) is 25.1 Å². The average molecular weight is 395 g/mol. The smallest absolute Gasteiger partial charge is 0.278 e. The van der Waals surface area contributed by atoms with Crippen LogP contribution in [0.2, 0.25) is 0 Å². The monoisotopic (exact) mass is 395 g/mol. The largest absolute Gasteiger partial charge is 0.497 e. The summed E-state index contributed by atoms with van der Waals surface area (Å²) in [6.07, 6.45) is 1.45. The highest BCUT2D eigenvalue weighted by molar-refractivity contribution is 7.84. The number of nitrogens with one attached hydrogen (secondary N) is 1. The van der Waals surface area contributed by atoms with E-state index < -0.39 is 23.3 Å². The molecule has 3 rings (SSSR count). The lowest BCUT2D eigenvalue weighted by Gasteiger charge is -2.15. The number of H-pyrrole nitrogens is 1. The first-order chi connectivity index (χ1) is 12.8. The van der Waals surface area contributed by atoms with Crippen molar-refractivity contribution in [3.05, 3.63) is 41.7 Å². The number of benzene rings is 1. The molecule has 6 nitrogen and oxygen atoms in total. The van der Waals surface area contributed by atoms with Crippen LogP contribution in [0, 0.1) is 6.92 Å². The van der Waals surface area contributed by atoms with Crippen molar-refractivity contribution in [3.8, 4) is 11.5 Å². The van der Waals surface area contributed by atoms with Gasteiger partial charge in [-0.2, -0.15) is 0 Å². The van der Waals surface area contributed by atoms with Crippen molar-refractivity contribution in [2.45, 2.75) is 30.7 Å². The van der Waals surface area contributed by atoms with Crippen LogP contribution in [0.15, 0.2) is 35.6 Å². The quantitative estimate of drug-likeness (QED) is 0.661. The van der Waals surface area contributed by atoms with E-state index in [0.717, 1.165) is 6.92 Å². The Bertz CT molecular complexity index is 986. The Morgan fingerprint density at radius 2 is 2.07 bits per heavy atom. The van der Waals surface area contributed by atoms with Gasteiger partial charge >= 0.3 is 0 Å². The second-order valence-corrected chi connectivity index (χ2v) is 7.52. The predicted molar refractivity (Wildman–Crippen MR) is 97.8 cm³/mol. The Balaban J connectivity index is 1.79. The van der Waals surface area contributed by atoms with E-state index in [4.69, 9.17) is 9.47 Å². The first-order valence-electron chi connectivity index (χ1n) is 8.14. The maximum Gasteiger partial charge on any atom is 0.278 e. The van der Waals surface area contributed by atoms with Crippen molar-refractivity contribution in [2.24, 2.45) is 0 Å². The van der Waals surface area contributed by atoms with Crippen molar-refractivity contribution in [3.63, 3.8) is 0 Å². The summed E-state index contributed by atoms with van der Waals surface area (Å²) in [6, 6.07) is 6.83. The van der Waals surface area contributed by atoms with Crippen molar-refractivity contribution in [1.82, 2.24) is 15.0 Å². The van der Waals surface area contributed by atoms with Gasteiger partial charge in [-0.25, -0.2) is 13.8 Å². The number of nitrogens with zero attached hydrogens (tertiary/aromatic N) is 2. The lowest BCUT2D eigenvalue weighted by molar-refractivity contribution is -0.0231. The van der Waals surface area contributed by atoms with Crippen molar-refractivity contribution in [1.29, 1.82) is 0 Å². The molecular weight excluding hydrogens is 376 g/mol. The molecule has 0 radical (unpaired) electrons. The number of pyridine rings is 1. The van der Waals surface area contributed by atoms with Gasteiger partial charge in [0.2, 0.25) is 0 Å². The van der Waals surface area contributed by atoms with Gasteiger partial charge in [0.05, 0.1) is 40.4 Å². The fraction of sp³-hybridized carbons (Fsp3) is 0.333. The van der Waals surface area contributed by atoms with Gasteiger partial charge in [0.1, 0.15) is 11.5 Å². The summed E-state index contributed by atoms with van der Waals surface area (Å²) in [5, 5.41) is 0.311. The van der Waals surface area contributed by atoms with Gasteiger partial charge in [0.15, 0.2) is 11.8 Å². The maximum absolute atomic E-state index is 13.0.